The third-order valence-corrected chi connectivity index (χ3v) is 5.51. The maximum atomic E-state index is 13.4. The number of amides is 2. The molecule has 2 fully saturated rings. The predicted molar refractivity (Wildman–Crippen MR) is 125 cm³/mol. The van der Waals surface area contributed by atoms with Crippen LogP contribution in [0.15, 0.2) is 77.4 Å². The second-order valence-electron chi connectivity index (χ2n) is 7.71. The molecule has 0 bridgehead atoms. The van der Waals surface area contributed by atoms with Gasteiger partial charge in [0.05, 0.1) is 12.3 Å². The summed E-state index contributed by atoms with van der Waals surface area (Å²) in [6, 6.07) is 17.3. The van der Waals surface area contributed by atoms with Crippen LogP contribution in [0.3, 0.4) is 0 Å². The van der Waals surface area contributed by atoms with E-state index in [0.717, 1.165) is 0 Å². The molecule has 2 N–H and O–H groups in total. The van der Waals surface area contributed by atoms with E-state index in [4.69, 9.17) is 9.94 Å². The van der Waals surface area contributed by atoms with Crippen LogP contribution in [0, 0.1) is 0 Å². The molecule has 34 heavy (non-hydrogen) atoms. The van der Waals surface area contributed by atoms with E-state index in [1.54, 1.807) is 59.5 Å². The number of β-amino-alcohol motifs (C(OH)–C–C–N with tert-alkyl or cyclic N) is 1. The van der Waals surface area contributed by atoms with Crippen LogP contribution in [0.25, 0.3) is 0 Å². The van der Waals surface area contributed by atoms with Gasteiger partial charge in [0.1, 0.15) is 5.71 Å². The molecule has 0 saturated carbocycles. The zero-order valence-electron chi connectivity index (χ0n) is 18.5. The zero-order chi connectivity index (χ0) is 23.9. The Morgan fingerprint density at radius 3 is 2.29 bits per heavy atom. The summed E-state index contributed by atoms with van der Waals surface area (Å²) in [6.07, 6.45) is 1.28. The van der Waals surface area contributed by atoms with Gasteiger partial charge in [-0.1, -0.05) is 42.0 Å². The summed E-state index contributed by atoms with van der Waals surface area (Å²) < 4.78 is 0. The lowest BCUT2D eigenvalue weighted by Gasteiger charge is -2.34. The average Bonchev–Trinajstić information content (AvgIpc) is 3.24. The molecule has 0 aromatic heterocycles. The molecule has 2 amide bonds. The van der Waals surface area contributed by atoms with Gasteiger partial charge in [0, 0.05) is 44.4 Å². The number of rotatable bonds is 6. The van der Waals surface area contributed by atoms with Crippen LogP contribution in [-0.2, 0) is 14.4 Å². The van der Waals surface area contributed by atoms with Crippen molar-refractivity contribution in [2.45, 2.75) is 0 Å². The summed E-state index contributed by atoms with van der Waals surface area (Å²) in [4.78, 5) is 51.4. The number of anilines is 1. The zero-order valence-corrected chi connectivity index (χ0v) is 18.5. The fourth-order valence-corrected chi connectivity index (χ4v) is 3.68. The maximum absolute atomic E-state index is 13.4. The average molecular weight is 463 g/mol. The first-order chi connectivity index (χ1) is 16.6. The van der Waals surface area contributed by atoms with Gasteiger partial charge < -0.3 is 14.8 Å². The summed E-state index contributed by atoms with van der Waals surface area (Å²) in [6.45, 7) is 2.56. The SMILES string of the molecule is O=C1ONN(c2ccccc2)/C1=C/C(=NC(=O)c1ccccc1)C(=O)N1CCN(CCO)CC1. The van der Waals surface area contributed by atoms with Crippen LogP contribution in [-0.4, -0.2) is 77.7 Å². The third kappa shape index (κ3) is 5.37. The van der Waals surface area contributed by atoms with Gasteiger partial charge in [-0.2, -0.15) is 0 Å². The Kier molecular flexibility index (Phi) is 7.43. The molecule has 4 rings (SSSR count). The van der Waals surface area contributed by atoms with Crippen molar-refractivity contribution in [1.29, 1.82) is 0 Å². The number of piperazine rings is 1. The standard InChI is InChI=1S/C24H25N5O5/c30-16-15-27-11-13-28(14-12-27)23(32)20(25-22(31)18-7-3-1-4-8-18)17-21-24(33)34-26-29(21)19-9-5-2-6-10-19/h1-10,17,26,30H,11-16H2/b21-17+,25-20?. The van der Waals surface area contributed by atoms with Crippen molar-refractivity contribution in [3.8, 4) is 0 Å². The monoisotopic (exact) mass is 463 g/mol. The molecule has 2 aliphatic rings. The van der Waals surface area contributed by atoms with Crippen LogP contribution in [0.2, 0.25) is 0 Å². The Balaban J connectivity index is 1.66. The molecular formula is C24H25N5O5. The highest BCUT2D eigenvalue weighted by Crippen LogP contribution is 2.22. The van der Waals surface area contributed by atoms with Crippen molar-refractivity contribution >= 4 is 29.2 Å². The number of hydrogen-bond donors (Lipinski definition) is 2. The summed E-state index contributed by atoms with van der Waals surface area (Å²) in [5, 5.41) is 10.5. The quantitative estimate of drug-likeness (QED) is 0.477. The molecule has 0 spiro atoms. The first-order valence-corrected chi connectivity index (χ1v) is 10.9. The van der Waals surface area contributed by atoms with Crippen molar-refractivity contribution < 1.29 is 24.3 Å². The number of aliphatic hydroxyl groups excluding tert-OH is 1. The Morgan fingerprint density at radius 2 is 1.65 bits per heavy atom. The maximum Gasteiger partial charge on any atom is 0.376 e. The van der Waals surface area contributed by atoms with Crippen LogP contribution in [0.1, 0.15) is 10.4 Å². The number of aliphatic imine (C=N–C) groups is 1. The lowest BCUT2D eigenvalue weighted by molar-refractivity contribution is -0.140. The molecule has 10 heteroatoms. The fraction of sp³-hybridized carbons (Fsp3) is 0.250. The first-order valence-electron chi connectivity index (χ1n) is 10.9. The Morgan fingerprint density at radius 1 is 1.00 bits per heavy atom. The van der Waals surface area contributed by atoms with E-state index in [0.29, 0.717) is 44.0 Å². The van der Waals surface area contributed by atoms with Crippen molar-refractivity contribution in [2.24, 2.45) is 4.99 Å². The van der Waals surface area contributed by atoms with Gasteiger partial charge in [-0.05, 0) is 24.3 Å². The highest BCUT2D eigenvalue weighted by atomic mass is 16.7. The smallest absolute Gasteiger partial charge is 0.376 e. The van der Waals surface area contributed by atoms with E-state index in [1.165, 1.54) is 11.1 Å². The summed E-state index contributed by atoms with van der Waals surface area (Å²) in [5.74, 6) is -1.76. The molecule has 2 saturated heterocycles. The molecule has 0 unspecified atom stereocenters. The van der Waals surface area contributed by atoms with E-state index in [9.17, 15) is 14.4 Å². The Labute approximate surface area is 196 Å². The van der Waals surface area contributed by atoms with E-state index in [1.807, 2.05) is 11.0 Å². The van der Waals surface area contributed by atoms with Crippen LogP contribution in [0.5, 0.6) is 0 Å². The molecule has 2 aromatic rings. The topological polar surface area (TPSA) is 115 Å². The Bertz CT molecular complexity index is 1100. The largest absolute Gasteiger partial charge is 0.395 e. The summed E-state index contributed by atoms with van der Waals surface area (Å²) in [7, 11) is 0. The van der Waals surface area contributed by atoms with Gasteiger partial charge in [0.2, 0.25) is 0 Å². The van der Waals surface area contributed by atoms with Crippen LogP contribution >= 0.6 is 0 Å². The lowest BCUT2D eigenvalue weighted by Crippen LogP contribution is -2.51. The van der Waals surface area contributed by atoms with E-state index in [-0.39, 0.29) is 18.0 Å². The molecule has 2 aromatic carbocycles. The summed E-state index contributed by atoms with van der Waals surface area (Å²) >= 11 is 0. The number of hydrazine groups is 1. The second kappa shape index (κ2) is 10.8. The molecule has 2 aliphatic heterocycles. The van der Waals surface area contributed by atoms with E-state index >= 15 is 0 Å². The van der Waals surface area contributed by atoms with Crippen molar-refractivity contribution in [2.75, 3.05) is 44.3 Å². The lowest BCUT2D eigenvalue weighted by atomic mass is 10.2. The first kappa shape index (κ1) is 23.3. The van der Waals surface area contributed by atoms with Gasteiger partial charge in [0.15, 0.2) is 5.70 Å². The minimum atomic E-state index is -0.704. The van der Waals surface area contributed by atoms with E-state index in [2.05, 4.69) is 10.6 Å². The van der Waals surface area contributed by atoms with Crippen LogP contribution < -0.4 is 10.6 Å². The van der Waals surface area contributed by atoms with Gasteiger partial charge in [0.25, 0.3) is 11.8 Å². The molecule has 0 aliphatic carbocycles. The number of hydrogen-bond acceptors (Lipinski definition) is 8. The number of carbonyl (C=O) groups is 3. The number of carbonyl (C=O) groups excluding carboxylic acids is 3. The third-order valence-electron chi connectivity index (χ3n) is 5.51. The minimum absolute atomic E-state index is 0.0260. The highest BCUT2D eigenvalue weighted by Gasteiger charge is 2.32. The van der Waals surface area contributed by atoms with Gasteiger partial charge in [-0.15, -0.1) is 0 Å². The molecular weight excluding hydrogens is 438 g/mol. The molecule has 176 valence electrons. The van der Waals surface area contributed by atoms with Gasteiger partial charge in [-0.25, -0.2) is 14.8 Å². The normalized spacial score (nSPS) is 18.3. The van der Waals surface area contributed by atoms with E-state index < -0.39 is 17.8 Å². The predicted octanol–water partition coefficient (Wildman–Crippen LogP) is 0.771. The molecule has 2 heterocycles. The van der Waals surface area contributed by atoms with Gasteiger partial charge in [-0.3, -0.25) is 14.5 Å². The number of nitrogens with zero attached hydrogens (tertiary/aromatic N) is 4. The number of benzene rings is 2. The highest BCUT2D eigenvalue weighted by molar-refractivity contribution is 6.45. The van der Waals surface area contributed by atoms with Gasteiger partial charge >= 0.3 is 5.97 Å². The second-order valence-corrected chi connectivity index (χ2v) is 7.71. The minimum Gasteiger partial charge on any atom is -0.395 e. The van der Waals surface area contributed by atoms with Crippen LogP contribution in [0.4, 0.5) is 5.69 Å². The molecule has 10 nitrogen and oxygen atoms in total. The summed E-state index contributed by atoms with van der Waals surface area (Å²) in [5.41, 5.74) is 3.32. The fourth-order valence-electron chi connectivity index (χ4n) is 3.68. The molecule has 0 radical (unpaired) electrons. The van der Waals surface area contributed by atoms with Crippen molar-refractivity contribution in [3.63, 3.8) is 0 Å². The Hall–Kier alpha value is -3.86. The van der Waals surface area contributed by atoms with Crippen molar-refractivity contribution in [1.82, 2.24) is 15.4 Å². The molecule has 0 atom stereocenters. The van der Waals surface area contributed by atoms with Crippen molar-refractivity contribution in [3.05, 3.63) is 78.0 Å². The number of nitrogens with one attached hydrogen (secondary N) is 1. The number of aliphatic hydroxyl groups is 1. The number of para-hydroxylation sites is 1.